The highest BCUT2D eigenvalue weighted by atomic mass is 16.4. The molecular formula is C40H70N16O13. The zero-order valence-corrected chi connectivity index (χ0v) is 38.9. The Bertz CT molecular complexity index is 1880. The Hall–Kier alpha value is -7.17. The molecule has 0 unspecified atom stereocenters. The van der Waals surface area contributed by atoms with Gasteiger partial charge in [0.05, 0.1) is 32.0 Å². The minimum Gasteiger partial charge on any atom is -0.480 e. The number of likely N-dealkylation sites (tertiary alicyclic amines) is 1. The molecule has 1 heterocycles. The Morgan fingerprint density at radius 2 is 1.22 bits per heavy atom. The van der Waals surface area contributed by atoms with Gasteiger partial charge >= 0.3 is 5.97 Å². The van der Waals surface area contributed by atoms with E-state index >= 15 is 0 Å². The summed E-state index contributed by atoms with van der Waals surface area (Å²) in [4.78, 5) is 158. The maximum Gasteiger partial charge on any atom is 0.326 e. The van der Waals surface area contributed by atoms with E-state index in [1.165, 1.54) is 4.90 Å². The number of nitrogens with two attached hydrogens (primary N) is 7. The van der Waals surface area contributed by atoms with Crippen LogP contribution in [0.1, 0.15) is 90.9 Å². The van der Waals surface area contributed by atoms with Crippen molar-refractivity contribution in [1.29, 1.82) is 0 Å². The molecule has 11 amide bonds. The van der Waals surface area contributed by atoms with Gasteiger partial charge in [-0.25, -0.2) is 4.79 Å². The van der Waals surface area contributed by atoms with Gasteiger partial charge in [0.15, 0.2) is 5.96 Å². The number of carbonyl (C=O) groups is 12. The second-order valence-corrected chi connectivity index (χ2v) is 16.4. The van der Waals surface area contributed by atoms with Crippen LogP contribution in [-0.4, -0.2) is 162 Å². The molecule has 8 atom stereocenters. The van der Waals surface area contributed by atoms with Gasteiger partial charge < -0.3 is 87.4 Å². The topological polar surface area (TPSA) is 507 Å². The van der Waals surface area contributed by atoms with E-state index in [0.717, 1.165) is 0 Å². The Balaban J connectivity index is 3.01. The van der Waals surface area contributed by atoms with Crippen molar-refractivity contribution in [3.05, 3.63) is 0 Å². The van der Waals surface area contributed by atoms with E-state index < -0.39 is 145 Å². The van der Waals surface area contributed by atoms with Crippen LogP contribution in [0.15, 0.2) is 4.99 Å². The Labute approximate surface area is 398 Å². The summed E-state index contributed by atoms with van der Waals surface area (Å²) in [5, 5.41) is 25.6. The van der Waals surface area contributed by atoms with Crippen LogP contribution in [0.25, 0.3) is 0 Å². The number of nitrogens with one attached hydrogen (secondary N) is 7. The third kappa shape index (κ3) is 22.9. The van der Waals surface area contributed by atoms with E-state index in [4.69, 9.17) is 40.1 Å². The molecule has 29 nitrogen and oxygen atoms in total. The summed E-state index contributed by atoms with van der Waals surface area (Å²) >= 11 is 0. The molecule has 1 saturated heterocycles. The number of hydrogen-bond donors (Lipinski definition) is 15. The van der Waals surface area contributed by atoms with Crippen LogP contribution in [0.2, 0.25) is 0 Å². The van der Waals surface area contributed by atoms with Crippen molar-refractivity contribution in [3.63, 3.8) is 0 Å². The number of carbonyl (C=O) groups excluding carboxylic acids is 11. The molecule has 0 radical (unpaired) electrons. The first-order chi connectivity index (χ1) is 32.4. The van der Waals surface area contributed by atoms with Gasteiger partial charge in [-0.15, -0.1) is 0 Å². The molecule has 69 heavy (non-hydrogen) atoms. The van der Waals surface area contributed by atoms with E-state index in [-0.39, 0.29) is 57.7 Å². The number of rotatable bonds is 33. The normalized spacial score (nSPS) is 16.1. The summed E-state index contributed by atoms with van der Waals surface area (Å²) < 4.78 is 0. The van der Waals surface area contributed by atoms with E-state index in [1.54, 1.807) is 13.8 Å². The number of primary amides is 3. The summed E-state index contributed by atoms with van der Waals surface area (Å²) in [6.45, 7) is 2.39. The van der Waals surface area contributed by atoms with Crippen molar-refractivity contribution in [2.75, 3.05) is 32.7 Å². The SMILES string of the molecule is CC[C@H](C)[C@H](NC(=O)[C@@H]1CCCN1C(=O)[C@@H](N)CCCN=C(N)N)C(=O)N[C@@H](CC(N)=O)C(=O)NCC(=O)N[C@@H](CC(N)=O)C(=O)NCC(=O)N[C@@H](CCCCN)C(=O)N[C@@H](CCC(N)=O)C(=O)O. The summed E-state index contributed by atoms with van der Waals surface area (Å²) in [7, 11) is 0. The van der Waals surface area contributed by atoms with Crippen LogP contribution in [-0.2, 0) is 57.5 Å². The zero-order chi connectivity index (χ0) is 52.4. The van der Waals surface area contributed by atoms with Crippen LogP contribution in [0.5, 0.6) is 0 Å². The summed E-state index contributed by atoms with van der Waals surface area (Å²) in [5.74, 6) is -12.2. The standard InChI is InChI=1S/C40H70N16O13/c1-3-20(2)32(55-36(65)26-10-7-15-56(26)38(67)21(42)8-6-14-48-40(46)47)37(66)54-25(17-29(45)59)34(63)50-19-31(61)52-24(16-28(44)58)33(62)49-18-30(60)51-22(9-4-5-13-41)35(64)53-23(39(68)69)11-12-27(43)57/h20-26,32H,3-19,41-42H2,1-2H3,(H2,43,57)(H2,44,58)(H2,45,59)(H,49,62)(H,50,63)(H,51,60)(H,52,61)(H,53,64)(H,54,66)(H,55,65)(H,68,69)(H4,46,47,48)/t20-,21-,22-,23-,24-,25-,26-,32-/m0/s1. The third-order valence-corrected chi connectivity index (χ3v) is 10.8. The van der Waals surface area contributed by atoms with Crippen molar-refractivity contribution in [2.45, 2.75) is 133 Å². The van der Waals surface area contributed by atoms with Gasteiger partial charge in [-0.05, 0) is 63.8 Å². The minimum absolute atomic E-state index is 0.0000524. The molecule has 388 valence electrons. The van der Waals surface area contributed by atoms with Crippen molar-refractivity contribution >= 4 is 76.9 Å². The fourth-order valence-electron chi connectivity index (χ4n) is 6.84. The number of carboxylic acid groups (broad SMARTS) is 1. The Kier molecular flexibility index (Phi) is 26.9. The van der Waals surface area contributed by atoms with Gasteiger partial charge in [0.2, 0.25) is 65.0 Å². The lowest BCUT2D eigenvalue weighted by atomic mass is 9.97. The molecule has 0 spiro atoms. The van der Waals surface area contributed by atoms with Gasteiger partial charge in [0.1, 0.15) is 36.3 Å². The molecule has 0 aliphatic carbocycles. The lowest BCUT2D eigenvalue weighted by molar-refractivity contribution is -0.142. The first-order valence-electron chi connectivity index (χ1n) is 22.4. The number of hydrogen-bond acceptors (Lipinski definition) is 15. The second-order valence-electron chi connectivity index (χ2n) is 16.4. The molecule has 0 aromatic carbocycles. The van der Waals surface area contributed by atoms with E-state index in [9.17, 15) is 62.6 Å². The average molecular weight is 983 g/mol. The molecule has 1 fully saturated rings. The highest BCUT2D eigenvalue weighted by Gasteiger charge is 2.39. The average Bonchev–Trinajstić information content (AvgIpc) is 3.77. The van der Waals surface area contributed by atoms with E-state index in [2.05, 4.69) is 42.2 Å². The number of unbranched alkanes of at least 4 members (excludes halogenated alkanes) is 1. The molecule has 1 aliphatic rings. The van der Waals surface area contributed by atoms with Crippen LogP contribution in [0.3, 0.4) is 0 Å². The van der Waals surface area contributed by atoms with Gasteiger partial charge in [0.25, 0.3) is 0 Å². The molecule has 29 heteroatoms. The number of aliphatic imine (C=N–C) groups is 1. The number of amides is 11. The van der Waals surface area contributed by atoms with Crippen LogP contribution in [0, 0.1) is 5.92 Å². The Morgan fingerprint density at radius 1 is 0.667 bits per heavy atom. The predicted octanol–water partition coefficient (Wildman–Crippen LogP) is -7.71. The van der Waals surface area contributed by atoms with Gasteiger partial charge in [-0.3, -0.25) is 57.7 Å². The number of aliphatic carboxylic acids is 1. The summed E-state index contributed by atoms with van der Waals surface area (Å²) in [6, 6.07) is -9.41. The fourth-order valence-corrected chi connectivity index (χ4v) is 6.84. The lowest BCUT2D eigenvalue weighted by Gasteiger charge is -2.30. The second kappa shape index (κ2) is 31.0. The van der Waals surface area contributed by atoms with E-state index in [0.29, 0.717) is 32.1 Å². The largest absolute Gasteiger partial charge is 0.480 e. The highest BCUT2D eigenvalue weighted by Crippen LogP contribution is 2.20. The van der Waals surface area contributed by atoms with Crippen molar-refractivity contribution in [1.82, 2.24) is 42.1 Å². The first kappa shape index (κ1) is 59.8. The first-order valence-corrected chi connectivity index (χ1v) is 22.4. The fraction of sp³-hybridized carbons (Fsp3) is 0.675. The maximum absolute atomic E-state index is 13.7. The van der Waals surface area contributed by atoms with Gasteiger partial charge in [0, 0.05) is 19.5 Å². The van der Waals surface area contributed by atoms with Crippen LogP contribution >= 0.6 is 0 Å². The van der Waals surface area contributed by atoms with E-state index in [1.807, 2.05) is 0 Å². The number of guanidine groups is 1. The van der Waals surface area contributed by atoms with Gasteiger partial charge in [-0.2, -0.15) is 0 Å². The molecule has 0 saturated carbocycles. The lowest BCUT2D eigenvalue weighted by Crippen LogP contribution is -2.59. The highest BCUT2D eigenvalue weighted by molar-refractivity contribution is 5.99. The molecule has 1 rings (SSSR count). The molecule has 1 aliphatic heterocycles. The third-order valence-electron chi connectivity index (χ3n) is 10.8. The molecule has 0 aromatic rings. The van der Waals surface area contributed by atoms with Crippen molar-refractivity contribution < 1.29 is 62.6 Å². The monoisotopic (exact) mass is 983 g/mol. The summed E-state index contributed by atoms with van der Waals surface area (Å²) in [5.41, 5.74) is 38.0. The zero-order valence-electron chi connectivity index (χ0n) is 38.9. The maximum atomic E-state index is 13.7. The van der Waals surface area contributed by atoms with Crippen LogP contribution in [0.4, 0.5) is 0 Å². The predicted molar refractivity (Wildman–Crippen MR) is 244 cm³/mol. The Morgan fingerprint density at radius 3 is 1.72 bits per heavy atom. The molecular weight excluding hydrogens is 913 g/mol. The van der Waals surface area contributed by atoms with Crippen LogP contribution < -0.4 is 77.4 Å². The molecule has 0 bridgehead atoms. The smallest absolute Gasteiger partial charge is 0.326 e. The number of nitrogens with zero attached hydrogens (tertiary/aromatic N) is 2. The quantitative estimate of drug-likeness (QED) is 0.0165. The molecule has 0 aromatic heterocycles. The summed E-state index contributed by atoms with van der Waals surface area (Å²) in [6.07, 6.45) is 0.268. The number of carboxylic acids is 1. The van der Waals surface area contributed by atoms with Gasteiger partial charge in [-0.1, -0.05) is 20.3 Å². The van der Waals surface area contributed by atoms with Crippen molar-refractivity contribution in [3.8, 4) is 0 Å². The molecule has 22 N–H and O–H groups in total. The minimum atomic E-state index is -1.70. The van der Waals surface area contributed by atoms with Crippen molar-refractivity contribution in [2.24, 2.45) is 51.0 Å².